The van der Waals surface area contributed by atoms with Gasteiger partial charge in [0.2, 0.25) is 0 Å². The molecule has 1 heterocycles. The summed E-state index contributed by atoms with van der Waals surface area (Å²) in [5.74, 6) is 0. The van der Waals surface area contributed by atoms with Crippen LogP contribution in [0.5, 0.6) is 0 Å². The highest BCUT2D eigenvalue weighted by Gasteiger charge is 2.14. The van der Waals surface area contributed by atoms with E-state index in [1.54, 1.807) is 0 Å². The van der Waals surface area contributed by atoms with Crippen LogP contribution in [0.1, 0.15) is 61.3 Å². The van der Waals surface area contributed by atoms with Crippen molar-refractivity contribution in [3.8, 4) is 0 Å². The molecule has 0 saturated carbocycles. The topological polar surface area (TPSA) is 67.2 Å². The van der Waals surface area contributed by atoms with Crippen LogP contribution in [0, 0.1) is 0 Å². The number of hydrogen-bond donors (Lipinski definition) is 0. The van der Waals surface area contributed by atoms with E-state index in [0.29, 0.717) is 0 Å². The Balaban J connectivity index is 1.44. The van der Waals surface area contributed by atoms with Gasteiger partial charge in [0.05, 0.1) is 19.3 Å². The van der Waals surface area contributed by atoms with Gasteiger partial charge in [0, 0.05) is 4.91 Å². The van der Waals surface area contributed by atoms with E-state index in [4.69, 9.17) is 15.0 Å². The van der Waals surface area contributed by atoms with E-state index in [-0.39, 0.29) is 12.3 Å². The van der Waals surface area contributed by atoms with Crippen LogP contribution in [0.2, 0.25) is 0 Å². The van der Waals surface area contributed by atoms with Crippen molar-refractivity contribution in [3.05, 3.63) is 81.7 Å². The fourth-order valence-electron chi connectivity index (χ4n) is 3.68. The van der Waals surface area contributed by atoms with Crippen LogP contribution in [-0.4, -0.2) is 19.5 Å². The number of unbranched alkanes of at least 4 members (excludes halogenated alkanes) is 4. The van der Waals surface area contributed by atoms with Gasteiger partial charge in [-0.25, -0.2) is 0 Å². The van der Waals surface area contributed by atoms with E-state index >= 15 is 0 Å². The fourth-order valence-corrected chi connectivity index (χ4v) is 3.68. The lowest BCUT2D eigenvalue weighted by atomic mass is 9.96. The van der Waals surface area contributed by atoms with Crippen molar-refractivity contribution in [2.75, 3.05) is 13.2 Å². The Bertz CT molecular complexity index is 753. The molecule has 5 heteroatoms. The first kappa shape index (κ1) is 20.4. The van der Waals surface area contributed by atoms with Crippen LogP contribution in [0.25, 0.3) is 10.4 Å². The molecule has 0 amide bonds. The maximum Gasteiger partial charge on any atom is 0.157 e. The Kier molecular flexibility index (Phi) is 8.38. The number of benzene rings is 2. The van der Waals surface area contributed by atoms with Gasteiger partial charge in [0.15, 0.2) is 6.29 Å². The second kappa shape index (κ2) is 11.5. The third kappa shape index (κ3) is 6.38. The fraction of sp³-hybridized carbons (Fsp3) is 0.478. The predicted octanol–water partition coefficient (Wildman–Crippen LogP) is 6.34. The van der Waals surface area contributed by atoms with Crippen LogP contribution >= 0.6 is 0 Å². The molecule has 148 valence electrons. The average molecular weight is 380 g/mol. The van der Waals surface area contributed by atoms with Gasteiger partial charge in [0.1, 0.15) is 0 Å². The van der Waals surface area contributed by atoms with E-state index in [1.165, 1.54) is 37.7 Å². The molecule has 0 bridgehead atoms. The summed E-state index contributed by atoms with van der Waals surface area (Å²) in [5, 5.41) is 4.03. The summed E-state index contributed by atoms with van der Waals surface area (Å²) >= 11 is 0. The highest BCUT2D eigenvalue weighted by atomic mass is 16.7. The van der Waals surface area contributed by atoms with Crippen LogP contribution in [0.4, 0.5) is 0 Å². The number of hydrogen-bond acceptors (Lipinski definition) is 3. The molecule has 0 radical (unpaired) electrons. The molecule has 28 heavy (non-hydrogen) atoms. The average Bonchev–Trinajstić information content (AvgIpc) is 3.26. The van der Waals surface area contributed by atoms with E-state index in [0.717, 1.165) is 37.2 Å². The smallest absolute Gasteiger partial charge is 0.157 e. The quantitative estimate of drug-likeness (QED) is 0.198. The zero-order chi connectivity index (χ0) is 19.4. The maximum atomic E-state index is 8.98. The third-order valence-electron chi connectivity index (χ3n) is 5.15. The molecule has 3 rings (SSSR count). The largest absolute Gasteiger partial charge is 0.350 e. The highest BCUT2D eigenvalue weighted by molar-refractivity contribution is 5.34. The molecular formula is C23H29N3O2. The molecule has 2 aromatic carbocycles. The van der Waals surface area contributed by atoms with Crippen molar-refractivity contribution < 1.29 is 9.47 Å². The van der Waals surface area contributed by atoms with Crippen LogP contribution < -0.4 is 0 Å². The minimum atomic E-state index is -0.272. The molecule has 1 aliphatic heterocycles. The van der Waals surface area contributed by atoms with Gasteiger partial charge in [-0.3, -0.25) is 0 Å². The van der Waals surface area contributed by atoms with Crippen molar-refractivity contribution in [2.45, 2.75) is 57.3 Å². The monoisotopic (exact) mass is 379 g/mol. The Hall–Kier alpha value is -2.33. The van der Waals surface area contributed by atoms with Crippen molar-refractivity contribution >= 4 is 0 Å². The van der Waals surface area contributed by atoms with E-state index in [2.05, 4.69) is 28.2 Å². The highest BCUT2D eigenvalue weighted by Crippen LogP contribution is 2.27. The lowest BCUT2D eigenvalue weighted by Gasteiger charge is -2.13. The number of aryl methyl sites for hydroxylation is 1. The summed E-state index contributed by atoms with van der Waals surface area (Å²) in [4.78, 5) is 3.06. The van der Waals surface area contributed by atoms with Gasteiger partial charge in [-0.15, -0.1) is 0 Å². The molecule has 1 unspecified atom stereocenters. The zero-order valence-electron chi connectivity index (χ0n) is 16.4. The van der Waals surface area contributed by atoms with Gasteiger partial charge >= 0.3 is 0 Å². The standard InChI is InChI=1S/C23H29N3O2/c24-26-25-23(20-12-6-4-7-13-20)21-14-9-11-19(18-21)10-5-2-1-3-8-15-22-27-16-17-28-22/h4,6-7,9,11-14,18,22-23H,1-3,5,8,10,15-17H2. The van der Waals surface area contributed by atoms with Crippen LogP contribution in [0.3, 0.4) is 0 Å². The molecule has 5 nitrogen and oxygen atoms in total. The minimum Gasteiger partial charge on any atom is -0.350 e. The summed E-state index contributed by atoms with van der Waals surface area (Å²) in [6.07, 6.45) is 8.17. The van der Waals surface area contributed by atoms with Gasteiger partial charge < -0.3 is 9.47 Å². The molecule has 0 N–H and O–H groups in total. The Morgan fingerprint density at radius 2 is 1.61 bits per heavy atom. The van der Waals surface area contributed by atoms with Crippen molar-refractivity contribution in [1.29, 1.82) is 0 Å². The number of rotatable bonds is 11. The summed E-state index contributed by atoms with van der Waals surface area (Å²) in [5.41, 5.74) is 12.4. The molecule has 1 fully saturated rings. The van der Waals surface area contributed by atoms with Crippen molar-refractivity contribution in [3.63, 3.8) is 0 Å². The first-order valence-electron chi connectivity index (χ1n) is 10.3. The molecule has 0 aliphatic carbocycles. The number of azide groups is 1. The number of nitrogens with zero attached hydrogens (tertiary/aromatic N) is 3. The molecule has 1 atom stereocenters. The second-order valence-corrected chi connectivity index (χ2v) is 7.24. The van der Waals surface area contributed by atoms with E-state index < -0.39 is 0 Å². The van der Waals surface area contributed by atoms with Crippen LogP contribution in [0.15, 0.2) is 59.7 Å². The Morgan fingerprint density at radius 1 is 0.893 bits per heavy atom. The normalized spacial score (nSPS) is 15.3. The zero-order valence-corrected chi connectivity index (χ0v) is 16.4. The number of ether oxygens (including phenoxy) is 2. The third-order valence-corrected chi connectivity index (χ3v) is 5.15. The summed E-state index contributed by atoms with van der Waals surface area (Å²) in [6.45, 7) is 1.49. The van der Waals surface area contributed by atoms with Gasteiger partial charge in [-0.05, 0) is 47.9 Å². The first-order valence-corrected chi connectivity index (χ1v) is 10.3. The molecular weight excluding hydrogens is 350 g/mol. The molecule has 0 spiro atoms. The van der Waals surface area contributed by atoms with Crippen molar-refractivity contribution in [1.82, 2.24) is 0 Å². The molecule has 1 saturated heterocycles. The van der Waals surface area contributed by atoms with Crippen LogP contribution in [-0.2, 0) is 15.9 Å². The lowest BCUT2D eigenvalue weighted by Crippen LogP contribution is -2.06. The van der Waals surface area contributed by atoms with Gasteiger partial charge in [-0.1, -0.05) is 79.0 Å². The first-order chi connectivity index (χ1) is 13.9. The summed E-state index contributed by atoms with van der Waals surface area (Å²) < 4.78 is 10.9. The summed E-state index contributed by atoms with van der Waals surface area (Å²) in [7, 11) is 0. The van der Waals surface area contributed by atoms with Gasteiger partial charge in [-0.2, -0.15) is 0 Å². The van der Waals surface area contributed by atoms with E-state index in [9.17, 15) is 0 Å². The van der Waals surface area contributed by atoms with Crippen molar-refractivity contribution in [2.24, 2.45) is 5.11 Å². The van der Waals surface area contributed by atoms with Gasteiger partial charge in [0.25, 0.3) is 0 Å². The Labute approximate surface area is 167 Å². The second-order valence-electron chi connectivity index (χ2n) is 7.24. The summed E-state index contributed by atoms with van der Waals surface area (Å²) in [6, 6.07) is 18.1. The maximum absolute atomic E-state index is 8.98. The minimum absolute atomic E-state index is 0.0383. The molecule has 0 aromatic heterocycles. The SMILES string of the molecule is [N-]=[N+]=NC(c1ccccc1)c1cccc(CCCCCCCC2OCCO2)c1. The lowest BCUT2D eigenvalue weighted by molar-refractivity contribution is -0.0480. The molecule has 1 aliphatic rings. The Morgan fingerprint density at radius 3 is 2.39 bits per heavy atom. The predicted molar refractivity (Wildman–Crippen MR) is 111 cm³/mol. The van der Waals surface area contributed by atoms with E-state index in [1.807, 2.05) is 36.4 Å². The molecule has 2 aromatic rings.